The molecule has 0 bridgehead atoms. The van der Waals surface area contributed by atoms with Gasteiger partial charge in [0.25, 0.3) is 5.91 Å². The van der Waals surface area contributed by atoms with Crippen LogP contribution < -0.4 is 22.1 Å². The molecular formula is C27H30F2N4O3S. The number of amides is 1. The van der Waals surface area contributed by atoms with E-state index in [1.165, 1.54) is 26.0 Å². The quantitative estimate of drug-likeness (QED) is 0.287. The second kappa shape index (κ2) is 11.5. The van der Waals surface area contributed by atoms with Gasteiger partial charge in [0.05, 0.1) is 16.7 Å². The highest BCUT2D eigenvalue weighted by atomic mass is 32.1. The number of thiophene rings is 1. The van der Waals surface area contributed by atoms with Crippen molar-refractivity contribution < 1.29 is 23.5 Å². The Morgan fingerprint density at radius 2 is 1.89 bits per heavy atom. The maximum absolute atomic E-state index is 14.8. The van der Waals surface area contributed by atoms with Crippen LogP contribution in [0, 0.1) is 11.6 Å². The monoisotopic (exact) mass is 528 g/mol. The number of ketones is 1. The summed E-state index contributed by atoms with van der Waals surface area (Å²) in [6.07, 6.45) is 8.77. The number of benzene rings is 1. The molecule has 3 rings (SSSR count). The topological polar surface area (TPSA) is 130 Å². The molecule has 7 N–H and O–H groups in total. The van der Waals surface area contributed by atoms with Gasteiger partial charge < -0.3 is 27.2 Å². The lowest BCUT2D eigenvalue weighted by molar-refractivity contribution is -0.115. The minimum absolute atomic E-state index is 0.0228. The van der Waals surface area contributed by atoms with E-state index in [1.54, 1.807) is 18.2 Å². The fourth-order valence-electron chi connectivity index (χ4n) is 3.63. The van der Waals surface area contributed by atoms with Gasteiger partial charge in [0.1, 0.15) is 22.5 Å². The molecule has 1 aromatic carbocycles. The summed E-state index contributed by atoms with van der Waals surface area (Å²) in [6, 6.07) is 3.40. The fraction of sp³-hybridized carbons (Fsp3) is 0.259. The molecule has 0 fully saturated rings. The number of nitrogens with one attached hydrogen (secondary N) is 2. The molecule has 0 radical (unpaired) electrons. The lowest BCUT2D eigenvalue weighted by atomic mass is 9.96. The van der Waals surface area contributed by atoms with Crippen molar-refractivity contribution in [3.05, 3.63) is 88.9 Å². The fourth-order valence-corrected chi connectivity index (χ4v) is 4.76. The molecule has 10 heteroatoms. The predicted molar refractivity (Wildman–Crippen MR) is 143 cm³/mol. The van der Waals surface area contributed by atoms with Crippen LogP contribution in [0.15, 0.2) is 66.2 Å². The Bertz CT molecular complexity index is 1300. The van der Waals surface area contributed by atoms with Crippen LogP contribution in [0.25, 0.3) is 10.4 Å². The van der Waals surface area contributed by atoms with E-state index in [0.717, 1.165) is 47.6 Å². The van der Waals surface area contributed by atoms with Gasteiger partial charge in [-0.15, -0.1) is 11.3 Å². The van der Waals surface area contributed by atoms with Crippen LogP contribution in [0.5, 0.6) is 0 Å². The van der Waals surface area contributed by atoms with Crippen molar-refractivity contribution in [3.8, 4) is 10.4 Å². The third-order valence-electron chi connectivity index (χ3n) is 5.61. The first kappa shape index (κ1) is 27.8. The number of aliphatic hydroxyl groups is 1. The summed E-state index contributed by atoms with van der Waals surface area (Å²) in [5.74, 6) is -2.29. The molecule has 1 aliphatic rings. The molecule has 1 aromatic heterocycles. The van der Waals surface area contributed by atoms with E-state index >= 15 is 0 Å². The molecule has 196 valence electrons. The van der Waals surface area contributed by atoms with E-state index in [1.807, 2.05) is 0 Å². The minimum atomic E-state index is -1.43. The van der Waals surface area contributed by atoms with Crippen molar-refractivity contribution in [2.45, 2.75) is 38.7 Å². The van der Waals surface area contributed by atoms with E-state index in [4.69, 9.17) is 11.5 Å². The highest BCUT2D eigenvalue weighted by Gasteiger charge is 2.24. The van der Waals surface area contributed by atoms with Crippen molar-refractivity contribution >= 4 is 28.0 Å². The second-order valence-electron chi connectivity index (χ2n) is 9.20. The normalized spacial score (nSPS) is 14.6. The van der Waals surface area contributed by atoms with Gasteiger partial charge in [-0.3, -0.25) is 9.59 Å². The van der Waals surface area contributed by atoms with Gasteiger partial charge in [-0.2, -0.15) is 0 Å². The molecule has 0 aliphatic heterocycles. The third-order valence-corrected chi connectivity index (χ3v) is 6.67. The summed E-state index contributed by atoms with van der Waals surface area (Å²) < 4.78 is 29.6. The standard InChI is InChI=1S/C27H30F2N4O3S/c1-15(14-32-17-7-5-8-18(34)12-17)6-4-9-23(30)33-26-19(25(31)35)13-22(37-26)24-20(28)10-16(11-21(24)29)27(2,3)36/h4,6,9-13,32-33,36H,1,5,7-8,14,30H2,2-3H3,(H2,31,35)/b6-4-,23-9+. The molecule has 1 amide bonds. The molecule has 2 aromatic rings. The van der Waals surface area contributed by atoms with Gasteiger partial charge >= 0.3 is 0 Å². The SMILES string of the molecule is C=C(/C=C\C=C(/N)Nc1sc(-c2c(F)cc(C(C)(C)O)cc2F)cc1C(N)=O)CNC1=CC(=O)CCC1. The van der Waals surface area contributed by atoms with Gasteiger partial charge in [-0.25, -0.2) is 8.78 Å². The Kier molecular flexibility index (Phi) is 8.67. The number of hydrogen-bond donors (Lipinski definition) is 5. The molecule has 0 unspecified atom stereocenters. The summed E-state index contributed by atoms with van der Waals surface area (Å²) in [7, 11) is 0. The van der Waals surface area contributed by atoms with Crippen molar-refractivity contribution in [2.75, 3.05) is 11.9 Å². The number of anilines is 1. The summed E-state index contributed by atoms with van der Waals surface area (Å²) in [4.78, 5) is 23.6. The van der Waals surface area contributed by atoms with Gasteiger partial charge in [0, 0.05) is 29.6 Å². The number of primary amides is 1. The largest absolute Gasteiger partial charge is 0.386 e. The first-order chi connectivity index (χ1) is 17.3. The first-order valence-corrected chi connectivity index (χ1v) is 12.4. The third kappa shape index (κ3) is 7.37. The number of nitrogens with two attached hydrogens (primary N) is 2. The summed E-state index contributed by atoms with van der Waals surface area (Å²) in [5, 5.41) is 16.3. The summed E-state index contributed by atoms with van der Waals surface area (Å²) >= 11 is 0.914. The van der Waals surface area contributed by atoms with E-state index in [0.29, 0.717) is 13.0 Å². The van der Waals surface area contributed by atoms with E-state index < -0.39 is 23.1 Å². The minimum Gasteiger partial charge on any atom is -0.386 e. The van der Waals surface area contributed by atoms with E-state index in [9.17, 15) is 23.5 Å². The van der Waals surface area contributed by atoms with Gasteiger partial charge in [0.2, 0.25) is 0 Å². The second-order valence-corrected chi connectivity index (χ2v) is 10.3. The Morgan fingerprint density at radius 1 is 1.22 bits per heavy atom. The lowest BCUT2D eigenvalue weighted by Gasteiger charge is -2.18. The maximum Gasteiger partial charge on any atom is 0.251 e. The zero-order chi connectivity index (χ0) is 27.3. The highest BCUT2D eigenvalue weighted by molar-refractivity contribution is 7.19. The number of carbonyl (C=O) groups excluding carboxylic acids is 2. The van der Waals surface area contributed by atoms with Crippen LogP contribution >= 0.6 is 11.3 Å². The van der Waals surface area contributed by atoms with Crippen LogP contribution in [0.3, 0.4) is 0 Å². The van der Waals surface area contributed by atoms with Crippen LogP contribution in [-0.2, 0) is 10.4 Å². The Balaban J connectivity index is 1.73. The van der Waals surface area contributed by atoms with Gasteiger partial charge in [0.15, 0.2) is 5.78 Å². The van der Waals surface area contributed by atoms with Crippen molar-refractivity contribution in [1.82, 2.24) is 5.32 Å². The number of rotatable bonds is 10. The van der Waals surface area contributed by atoms with Crippen molar-refractivity contribution in [1.29, 1.82) is 0 Å². The van der Waals surface area contributed by atoms with Gasteiger partial charge in [-0.1, -0.05) is 18.7 Å². The Hall–Kier alpha value is -3.76. The van der Waals surface area contributed by atoms with Gasteiger partial charge in [-0.05, 0) is 62.1 Å². The number of hydrogen-bond acceptors (Lipinski definition) is 7. The zero-order valence-electron chi connectivity index (χ0n) is 20.7. The predicted octanol–water partition coefficient (Wildman–Crippen LogP) is 4.57. The molecular weight excluding hydrogens is 498 g/mol. The van der Waals surface area contributed by atoms with Crippen molar-refractivity contribution in [3.63, 3.8) is 0 Å². The molecule has 1 aliphatic carbocycles. The average Bonchev–Trinajstić information content (AvgIpc) is 3.20. The van der Waals surface area contributed by atoms with Crippen LogP contribution in [-0.4, -0.2) is 23.3 Å². The Morgan fingerprint density at radius 3 is 2.49 bits per heavy atom. The van der Waals surface area contributed by atoms with Crippen LogP contribution in [0.2, 0.25) is 0 Å². The number of halogens is 2. The smallest absolute Gasteiger partial charge is 0.251 e. The highest BCUT2D eigenvalue weighted by Crippen LogP contribution is 2.39. The van der Waals surface area contributed by atoms with Crippen molar-refractivity contribution in [2.24, 2.45) is 11.5 Å². The molecule has 0 spiro atoms. The molecule has 0 atom stereocenters. The molecule has 37 heavy (non-hydrogen) atoms. The molecule has 7 nitrogen and oxygen atoms in total. The molecule has 0 saturated carbocycles. The number of carbonyl (C=O) groups is 2. The van der Waals surface area contributed by atoms with E-state index in [2.05, 4.69) is 17.2 Å². The number of allylic oxidation sites excluding steroid dienone is 4. The first-order valence-electron chi connectivity index (χ1n) is 11.6. The zero-order valence-corrected chi connectivity index (χ0v) is 21.5. The van der Waals surface area contributed by atoms with E-state index in [-0.39, 0.29) is 38.2 Å². The molecule has 1 heterocycles. The Labute approximate surface area is 218 Å². The average molecular weight is 529 g/mol. The lowest BCUT2D eigenvalue weighted by Crippen LogP contribution is -2.19. The molecule has 0 saturated heterocycles. The summed E-state index contributed by atoms with van der Waals surface area (Å²) in [5.41, 5.74) is 11.5. The maximum atomic E-state index is 14.8. The van der Waals surface area contributed by atoms with Crippen LogP contribution in [0.1, 0.15) is 49.0 Å². The van der Waals surface area contributed by atoms with Crippen LogP contribution in [0.4, 0.5) is 13.8 Å². The summed E-state index contributed by atoms with van der Waals surface area (Å²) in [6.45, 7) is 7.26.